The van der Waals surface area contributed by atoms with Crippen molar-refractivity contribution in [2.24, 2.45) is 5.92 Å². The van der Waals surface area contributed by atoms with Gasteiger partial charge in [0.05, 0.1) is 31.2 Å². The van der Waals surface area contributed by atoms with Crippen molar-refractivity contribution in [3.8, 4) is 6.07 Å². The van der Waals surface area contributed by atoms with E-state index in [0.717, 1.165) is 5.56 Å². The number of nitriles is 1. The number of furan rings is 1. The van der Waals surface area contributed by atoms with Gasteiger partial charge in [0, 0.05) is 38.4 Å². The number of amides is 2. The van der Waals surface area contributed by atoms with Gasteiger partial charge in [0.15, 0.2) is 0 Å². The molecule has 0 aromatic carbocycles. The maximum atomic E-state index is 12.9. The summed E-state index contributed by atoms with van der Waals surface area (Å²) in [4.78, 5) is 32.6. The molecule has 2 amide bonds. The van der Waals surface area contributed by atoms with E-state index in [2.05, 4.69) is 11.1 Å². The molecule has 1 atom stereocenters. The standard InChI is InChI=1S/C19H20N4O3/c20-6-3-8-22(12-15-4-1-7-21-11-15)19(25)16-10-18(24)23(13-16)14-17-5-2-9-26-17/h1-2,4-5,7,9,11,16H,3,8,10,12-14H2. The maximum absolute atomic E-state index is 12.9. The molecule has 0 bridgehead atoms. The van der Waals surface area contributed by atoms with Crippen molar-refractivity contribution in [2.75, 3.05) is 13.1 Å². The van der Waals surface area contributed by atoms with E-state index < -0.39 is 5.92 Å². The number of pyridine rings is 1. The number of nitrogens with zero attached hydrogens (tertiary/aromatic N) is 4. The van der Waals surface area contributed by atoms with Gasteiger partial charge in [-0.05, 0) is 23.8 Å². The third kappa shape index (κ3) is 4.28. The molecule has 0 aliphatic carbocycles. The molecule has 7 nitrogen and oxygen atoms in total. The molecule has 1 fully saturated rings. The molecule has 3 rings (SSSR count). The van der Waals surface area contributed by atoms with Crippen molar-refractivity contribution < 1.29 is 14.0 Å². The molecule has 1 unspecified atom stereocenters. The van der Waals surface area contributed by atoms with Crippen LogP contribution in [-0.4, -0.2) is 39.7 Å². The lowest BCUT2D eigenvalue weighted by molar-refractivity contribution is -0.136. The van der Waals surface area contributed by atoms with Gasteiger partial charge in [-0.2, -0.15) is 5.26 Å². The first kappa shape index (κ1) is 17.7. The van der Waals surface area contributed by atoms with Gasteiger partial charge >= 0.3 is 0 Å². The third-order valence-electron chi connectivity index (χ3n) is 4.39. The molecule has 1 aliphatic heterocycles. The maximum Gasteiger partial charge on any atom is 0.228 e. The Bertz CT molecular complexity index is 783. The molecule has 1 saturated heterocycles. The number of carbonyl (C=O) groups excluding carboxylic acids is 2. The smallest absolute Gasteiger partial charge is 0.228 e. The molecule has 1 aliphatic rings. The monoisotopic (exact) mass is 352 g/mol. The van der Waals surface area contributed by atoms with Gasteiger partial charge in [0.2, 0.25) is 11.8 Å². The van der Waals surface area contributed by atoms with Crippen LogP contribution in [0.3, 0.4) is 0 Å². The number of carbonyl (C=O) groups is 2. The second-order valence-electron chi connectivity index (χ2n) is 6.28. The SMILES string of the molecule is N#CCCN(Cc1cccnc1)C(=O)C1CC(=O)N(Cc2ccco2)C1. The van der Waals surface area contributed by atoms with Gasteiger partial charge in [-0.15, -0.1) is 0 Å². The Kier molecular flexibility index (Phi) is 5.64. The average Bonchev–Trinajstić information content (AvgIpc) is 3.29. The van der Waals surface area contributed by atoms with E-state index in [4.69, 9.17) is 9.68 Å². The predicted molar refractivity (Wildman–Crippen MR) is 92.1 cm³/mol. The molecular weight excluding hydrogens is 332 g/mol. The Labute approximate surface area is 151 Å². The average molecular weight is 352 g/mol. The fourth-order valence-electron chi connectivity index (χ4n) is 3.10. The van der Waals surface area contributed by atoms with E-state index in [1.54, 1.807) is 34.5 Å². The molecule has 0 spiro atoms. The predicted octanol–water partition coefficient (Wildman–Crippen LogP) is 1.97. The van der Waals surface area contributed by atoms with Gasteiger partial charge < -0.3 is 14.2 Å². The molecule has 134 valence electrons. The van der Waals surface area contributed by atoms with E-state index in [1.807, 2.05) is 18.2 Å². The lowest BCUT2D eigenvalue weighted by atomic mass is 10.1. The summed E-state index contributed by atoms with van der Waals surface area (Å²) in [6.07, 6.45) is 5.39. The van der Waals surface area contributed by atoms with Gasteiger partial charge in [-0.3, -0.25) is 14.6 Å². The second kappa shape index (κ2) is 8.30. The molecule has 7 heteroatoms. The van der Waals surface area contributed by atoms with Crippen LogP contribution in [0.2, 0.25) is 0 Å². The van der Waals surface area contributed by atoms with Crippen molar-refractivity contribution >= 4 is 11.8 Å². The number of hydrogen-bond donors (Lipinski definition) is 0. The fourth-order valence-corrected chi connectivity index (χ4v) is 3.10. The topological polar surface area (TPSA) is 90.4 Å². The van der Waals surface area contributed by atoms with Crippen LogP contribution in [0.1, 0.15) is 24.2 Å². The highest BCUT2D eigenvalue weighted by Gasteiger charge is 2.36. The third-order valence-corrected chi connectivity index (χ3v) is 4.39. The van der Waals surface area contributed by atoms with Gasteiger partial charge in [0.25, 0.3) is 0 Å². The van der Waals surface area contributed by atoms with E-state index in [9.17, 15) is 9.59 Å². The molecule has 0 saturated carbocycles. The first-order valence-corrected chi connectivity index (χ1v) is 8.52. The summed E-state index contributed by atoms with van der Waals surface area (Å²) in [5.74, 6) is 0.150. The van der Waals surface area contributed by atoms with Crippen LogP contribution in [-0.2, 0) is 22.7 Å². The van der Waals surface area contributed by atoms with Crippen LogP contribution in [0, 0.1) is 17.2 Å². The molecule has 2 aromatic rings. The summed E-state index contributed by atoms with van der Waals surface area (Å²) in [7, 11) is 0. The zero-order chi connectivity index (χ0) is 18.4. The Morgan fingerprint density at radius 2 is 2.31 bits per heavy atom. The van der Waals surface area contributed by atoms with Crippen LogP contribution in [0.15, 0.2) is 47.3 Å². The Balaban J connectivity index is 1.66. The Morgan fingerprint density at radius 1 is 1.42 bits per heavy atom. The fraction of sp³-hybridized carbons (Fsp3) is 0.368. The van der Waals surface area contributed by atoms with Crippen molar-refractivity contribution in [1.29, 1.82) is 5.26 Å². The molecule has 0 radical (unpaired) electrons. The summed E-state index contributed by atoms with van der Waals surface area (Å²) < 4.78 is 5.29. The molecule has 3 heterocycles. The molecule has 26 heavy (non-hydrogen) atoms. The number of rotatable bonds is 7. The summed E-state index contributed by atoms with van der Waals surface area (Å²) in [6, 6.07) is 9.36. The highest BCUT2D eigenvalue weighted by molar-refractivity contribution is 5.89. The first-order chi connectivity index (χ1) is 12.7. The van der Waals surface area contributed by atoms with E-state index in [0.29, 0.717) is 31.9 Å². The Hall–Kier alpha value is -3.14. The Morgan fingerprint density at radius 3 is 3.00 bits per heavy atom. The zero-order valence-corrected chi connectivity index (χ0v) is 14.4. The lowest BCUT2D eigenvalue weighted by Crippen LogP contribution is -2.37. The van der Waals surface area contributed by atoms with Gasteiger partial charge in [-0.25, -0.2) is 0 Å². The van der Waals surface area contributed by atoms with Crippen molar-refractivity contribution in [2.45, 2.75) is 25.9 Å². The number of likely N-dealkylation sites (tertiary alicyclic amines) is 1. The van der Waals surface area contributed by atoms with E-state index in [1.165, 1.54) is 0 Å². The highest BCUT2D eigenvalue weighted by Crippen LogP contribution is 2.23. The molecule has 2 aromatic heterocycles. The number of hydrogen-bond acceptors (Lipinski definition) is 5. The van der Waals surface area contributed by atoms with Crippen LogP contribution in [0.25, 0.3) is 0 Å². The molecule has 0 N–H and O–H groups in total. The minimum Gasteiger partial charge on any atom is -0.467 e. The first-order valence-electron chi connectivity index (χ1n) is 8.52. The van der Waals surface area contributed by atoms with Crippen LogP contribution < -0.4 is 0 Å². The minimum absolute atomic E-state index is 0.0543. The summed E-state index contributed by atoms with van der Waals surface area (Å²) >= 11 is 0. The van der Waals surface area contributed by atoms with Crippen LogP contribution in [0.5, 0.6) is 0 Å². The largest absolute Gasteiger partial charge is 0.467 e. The highest BCUT2D eigenvalue weighted by atomic mass is 16.3. The van der Waals surface area contributed by atoms with Gasteiger partial charge in [-0.1, -0.05) is 6.07 Å². The summed E-state index contributed by atoms with van der Waals surface area (Å²) in [5, 5.41) is 8.88. The minimum atomic E-state index is -0.396. The number of aromatic nitrogens is 1. The van der Waals surface area contributed by atoms with Gasteiger partial charge in [0.1, 0.15) is 5.76 Å². The summed E-state index contributed by atoms with van der Waals surface area (Å²) in [6.45, 7) is 1.47. The van der Waals surface area contributed by atoms with Crippen molar-refractivity contribution in [3.05, 3.63) is 54.2 Å². The van der Waals surface area contributed by atoms with E-state index in [-0.39, 0.29) is 24.7 Å². The lowest BCUT2D eigenvalue weighted by Gasteiger charge is -2.24. The normalized spacial score (nSPS) is 16.5. The van der Waals surface area contributed by atoms with Crippen LogP contribution in [0.4, 0.5) is 0 Å². The second-order valence-corrected chi connectivity index (χ2v) is 6.28. The zero-order valence-electron chi connectivity index (χ0n) is 14.4. The molecular formula is C19H20N4O3. The quantitative estimate of drug-likeness (QED) is 0.760. The summed E-state index contributed by atoms with van der Waals surface area (Å²) in [5.41, 5.74) is 0.899. The van der Waals surface area contributed by atoms with E-state index >= 15 is 0 Å². The van der Waals surface area contributed by atoms with Crippen molar-refractivity contribution in [3.63, 3.8) is 0 Å². The van der Waals surface area contributed by atoms with Crippen molar-refractivity contribution in [1.82, 2.24) is 14.8 Å². The van der Waals surface area contributed by atoms with Crippen LogP contribution >= 0.6 is 0 Å².